The van der Waals surface area contributed by atoms with Gasteiger partial charge in [-0.15, -0.1) is 0 Å². The number of pyridine rings is 1. The molecule has 0 radical (unpaired) electrons. The summed E-state index contributed by atoms with van der Waals surface area (Å²) in [6.07, 6.45) is -3.77. The summed E-state index contributed by atoms with van der Waals surface area (Å²) < 4.78 is 36.7. The van der Waals surface area contributed by atoms with Gasteiger partial charge in [0.1, 0.15) is 24.1 Å². The predicted molar refractivity (Wildman–Crippen MR) is 63.5 cm³/mol. The Kier molecular flexibility index (Phi) is 4.48. The number of nitrogens with one attached hydrogen (secondary N) is 1. The van der Waals surface area contributed by atoms with Gasteiger partial charge in [0.25, 0.3) is 11.6 Å². The molecular weight excluding hydrogens is 281 g/mol. The van der Waals surface area contributed by atoms with Crippen LogP contribution in [0, 0.1) is 10.1 Å². The van der Waals surface area contributed by atoms with Crippen LogP contribution in [0.5, 0.6) is 0 Å². The third-order valence-electron chi connectivity index (χ3n) is 2.33. The van der Waals surface area contributed by atoms with Gasteiger partial charge in [-0.1, -0.05) is 0 Å². The zero-order valence-electron chi connectivity index (χ0n) is 10.6. The smallest absolute Gasteiger partial charge is 0.373 e. The highest BCUT2D eigenvalue weighted by atomic mass is 19.4. The number of carbonyl (C=O) groups excluding carboxylic acids is 1. The highest BCUT2D eigenvalue weighted by molar-refractivity contribution is 5.98. The first-order valence-electron chi connectivity index (χ1n) is 5.30. The van der Waals surface area contributed by atoms with E-state index >= 15 is 0 Å². The second kappa shape index (κ2) is 5.72. The van der Waals surface area contributed by atoms with Crippen molar-refractivity contribution in [2.75, 3.05) is 26.0 Å². The van der Waals surface area contributed by atoms with Crippen LogP contribution in [0.1, 0.15) is 10.4 Å². The summed E-state index contributed by atoms with van der Waals surface area (Å²) in [5.74, 6) is -0.965. The lowest BCUT2D eigenvalue weighted by Crippen LogP contribution is -2.36. The number of aromatic nitrogens is 1. The first kappa shape index (κ1) is 15.7. The monoisotopic (exact) mass is 292 g/mol. The minimum atomic E-state index is -4.59. The van der Waals surface area contributed by atoms with Crippen LogP contribution in [0.2, 0.25) is 0 Å². The quantitative estimate of drug-likeness (QED) is 0.673. The minimum absolute atomic E-state index is 0.138. The Hall–Kier alpha value is -2.39. The molecular formula is C10H11F3N4O3. The molecule has 0 unspecified atom stereocenters. The van der Waals surface area contributed by atoms with Crippen LogP contribution in [-0.4, -0.2) is 47.5 Å². The Bertz CT molecular complexity index is 533. The van der Waals surface area contributed by atoms with Crippen molar-refractivity contribution in [2.45, 2.75) is 6.18 Å². The highest BCUT2D eigenvalue weighted by Gasteiger charge is 2.33. The van der Waals surface area contributed by atoms with Gasteiger partial charge >= 0.3 is 6.18 Å². The molecule has 1 rings (SSSR count). The van der Waals surface area contributed by atoms with E-state index in [9.17, 15) is 28.1 Å². The number of nitrogens with zero attached hydrogens (tertiary/aromatic N) is 3. The summed E-state index contributed by atoms with van der Waals surface area (Å²) in [4.78, 5) is 25.8. The fourth-order valence-corrected chi connectivity index (χ4v) is 1.45. The van der Waals surface area contributed by atoms with Gasteiger partial charge in [0.15, 0.2) is 0 Å². The Morgan fingerprint density at radius 3 is 2.60 bits per heavy atom. The molecule has 0 fully saturated rings. The molecule has 0 atom stereocenters. The fraction of sp³-hybridized carbons (Fsp3) is 0.400. The number of anilines is 1. The van der Waals surface area contributed by atoms with Crippen molar-refractivity contribution in [3.63, 3.8) is 0 Å². The van der Waals surface area contributed by atoms with Crippen molar-refractivity contribution in [1.29, 1.82) is 0 Å². The summed E-state index contributed by atoms with van der Waals surface area (Å²) in [6.45, 7) is -1.50. The Labute approximate surface area is 111 Å². The Balaban J connectivity index is 3.16. The SMILES string of the molecule is CNc1cc(C(=O)N(C)CC(F)(F)F)c([N+](=O)[O-])cn1. The Morgan fingerprint density at radius 2 is 2.15 bits per heavy atom. The average Bonchev–Trinajstić information content (AvgIpc) is 2.34. The largest absolute Gasteiger partial charge is 0.406 e. The van der Waals surface area contributed by atoms with E-state index in [1.807, 2.05) is 0 Å². The zero-order chi connectivity index (χ0) is 15.5. The van der Waals surface area contributed by atoms with E-state index in [0.717, 1.165) is 19.3 Å². The molecule has 10 heteroatoms. The second-order valence-corrected chi connectivity index (χ2v) is 3.87. The molecule has 0 bridgehead atoms. The van der Waals surface area contributed by atoms with Gasteiger partial charge in [-0.3, -0.25) is 14.9 Å². The van der Waals surface area contributed by atoms with E-state index in [0.29, 0.717) is 4.90 Å². The molecule has 0 saturated heterocycles. The number of alkyl halides is 3. The van der Waals surface area contributed by atoms with Crippen LogP contribution in [0.4, 0.5) is 24.7 Å². The number of rotatable bonds is 4. The molecule has 1 N–H and O–H groups in total. The van der Waals surface area contributed by atoms with Crippen molar-refractivity contribution in [3.8, 4) is 0 Å². The predicted octanol–water partition coefficient (Wildman–Crippen LogP) is 1.67. The lowest BCUT2D eigenvalue weighted by molar-refractivity contribution is -0.385. The van der Waals surface area contributed by atoms with Gasteiger partial charge in [-0.2, -0.15) is 13.2 Å². The molecule has 1 heterocycles. The summed E-state index contributed by atoms with van der Waals surface area (Å²) in [5, 5.41) is 13.3. The number of hydrogen-bond donors (Lipinski definition) is 1. The van der Waals surface area contributed by atoms with Crippen LogP contribution >= 0.6 is 0 Å². The van der Waals surface area contributed by atoms with Crippen LogP contribution in [-0.2, 0) is 0 Å². The minimum Gasteiger partial charge on any atom is -0.373 e. The van der Waals surface area contributed by atoms with Gasteiger partial charge in [-0.05, 0) is 0 Å². The van der Waals surface area contributed by atoms with Gasteiger partial charge in [-0.25, -0.2) is 4.98 Å². The van der Waals surface area contributed by atoms with Crippen molar-refractivity contribution < 1.29 is 22.9 Å². The topological polar surface area (TPSA) is 88.4 Å². The molecule has 0 aliphatic rings. The van der Waals surface area contributed by atoms with E-state index in [2.05, 4.69) is 10.3 Å². The third-order valence-corrected chi connectivity index (χ3v) is 2.33. The van der Waals surface area contributed by atoms with Gasteiger partial charge < -0.3 is 10.2 Å². The van der Waals surface area contributed by atoms with Crippen LogP contribution in [0.15, 0.2) is 12.3 Å². The standard InChI is InChI=1S/C10H11F3N4O3/c1-14-8-3-6(7(4-15-8)17(19)20)9(18)16(2)5-10(11,12)13/h3-4H,5H2,1-2H3,(H,14,15). The van der Waals surface area contributed by atoms with E-state index in [-0.39, 0.29) is 5.82 Å². The van der Waals surface area contributed by atoms with E-state index in [1.165, 1.54) is 7.05 Å². The Morgan fingerprint density at radius 1 is 1.55 bits per heavy atom. The van der Waals surface area contributed by atoms with Crippen molar-refractivity contribution in [3.05, 3.63) is 27.9 Å². The first-order valence-corrected chi connectivity index (χ1v) is 5.30. The molecule has 0 aliphatic heterocycles. The van der Waals surface area contributed by atoms with Crippen LogP contribution in [0.25, 0.3) is 0 Å². The molecule has 1 amide bonds. The lowest BCUT2D eigenvalue weighted by atomic mass is 10.2. The molecule has 1 aromatic rings. The zero-order valence-corrected chi connectivity index (χ0v) is 10.6. The number of hydrogen-bond acceptors (Lipinski definition) is 5. The molecule has 0 aromatic carbocycles. The number of carbonyl (C=O) groups is 1. The van der Waals surface area contributed by atoms with Gasteiger partial charge in [0.2, 0.25) is 0 Å². The number of amides is 1. The summed E-state index contributed by atoms with van der Waals surface area (Å²) >= 11 is 0. The molecule has 0 aliphatic carbocycles. The third kappa shape index (κ3) is 3.80. The van der Waals surface area contributed by atoms with E-state index < -0.39 is 34.8 Å². The maximum atomic E-state index is 12.2. The summed E-state index contributed by atoms with van der Waals surface area (Å²) in [6, 6.07) is 1.04. The fourth-order valence-electron chi connectivity index (χ4n) is 1.45. The number of halogens is 3. The maximum absolute atomic E-state index is 12.2. The van der Waals surface area contributed by atoms with Crippen molar-refractivity contribution in [1.82, 2.24) is 9.88 Å². The maximum Gasteiger partial charge on any atom is 0.406 e. The normalized spacial score (nSPS) is 11.1. The van der Waals surface area contributed by atoms with Crippen molar-refractivity contribution in [2.24, 2.45) is 0 Å². The molecule has 7 nitrogen and oxygen atoms in total. The van der Waals surface area contributed by atoms with Gasteiger partial charge in [0, 0.05) is 20.2 Å². The molecule has 110 valence electrons. The molecule has 1 aromatic heterocycles. The second-order valence-electron chi connectivity index (χ2n) is 3.87. The number of nitro groups is 1. The summed E-state index contributed by atoms with van der Waals surface area (Å²) in [5.41, 5.74) is -1.11. The van der Waals surface area contributed by atoms with Crippen molar-refractivity contribution >= 4 is 17.4 Å². The lowest BCUT2D eigenvalue weighted by Gasteiger charge is -2.19. The highest BCUT2D eigenvalue weighted by Crippen LogP contribution is 2.23. The first-order chi connectivity index (χ1) is 9.15. The molecule has 0 spiro atoms. The van der Waals surface area contributed by atoms with Crippen LogP contribution < -0.4 is 5.32 Å². The molecule has 0 saturated carbocycles. The average molecular weight is 292 g/mol. The van der Waals surface area contributed by atoms with Crippen LogP contribution in [0.3, 0.4) is 0 Å². The van der Waals surface area contributed by atoms with E-state index in [1.54, 1.807) is 0 Å². The summed E-state index contributed by atoms with van der Waals surface area (Å²) in [7, 11) is 2.38. The van der Waals surface area contributed by atoms with E-state index in [4.69, 9.17) is 0 Å². The molecule has 20 heavy (non-hydrogen) atoms. The van der Waals surface area contributed by atoms with Gasteiger partial charge in [0.05, 0.1) is 4.92 Å².